The van der Waals surface area contributed by atoms with E-state index < -0.39 is 17.6 Å². The first kappa shape index (κ1) is 26.6. The summed E-state index contributed by atoms with van der Waals surface area (Å²) < 4.78 is 38.1. The maximum atomic E-state index is 12.7. The first-order chi connectivity index (χ1) is 16.3. The average molecular weight is 490 g/mol. The predicted octanol–water partition coefficient (Wildman–Crippen LogP) is 6.07. The molecule has 0 saturated carbocycles. The summed E-state index contributed by atoms with van der Waals surface area (Å²) in [5.74, 6) is 0.0906. The van der Waals surface area contributed by atoms with Gasteiger partial charge < -0.3 is 15.1 Å². The molecule has 0 aliphatic carbocycles. The van der Waals surface area contributed by atoms with Crippen molar-refractivity contribution in [1.82, 2.24) is 4.90 Å². The topological polar surface area (TPSA) is 52.7 Å². The van der Waals surface area contributed by atoms with Crippen LogP contribution in [-0.4, -0.2) is 42.9 Å². The molecule has 35 heavy (non-hydrogen) atoms. The van der Waals surface area contributed by atoms with E-state index in [0.717, 1.165) is 49.5 Å². The minimum absolute atomic E-state index is 0.152. The zero-order chi connectivity index (χ0) is 25.8. The van der Waals surface area contributed by atoms with Gasteiger partial charge in [-0.3, -0.25) is 9.59 Å². The van der Waals surface area contributed by atoms with Crippen LogP contribution in [0.3, 0.4) is 0 Å². The molecule has 0 spiro atoms. The molecule has 0 radical (unpaired) electrons. The fraction of sp³-hybridized carbons (Fsp3) is 0.481. The predicted molar refractivity (Wildman–Crippen MR) is 132 cm³/mol. The van der Waals surface area contributed by atoms with Crippen molar-refractivity contribution in [3.05, 3.63) is 59.7 Å². The first-order valence-electron chi connectivity index (χ1n) is 11.9. The number of anilines is 2. The van der Waals surface area contributed by atoms with Gasteiger partial charge in [-0.1, -0.05) is 27.7 Å². The van der Waals surface area contributed by atoms with Crippen molar-refractivity contribution in [2.24, 2.45) is 11.3 Å². The fourth-order valence-electron chi connectivity index (χ4n) is 4.53. The number of carbonyl (C=O) groups excluding carboxylic acids is 2. The molecule has 1 aliphatic heterocycles. The van der Waals surface area contributed by atoms with Gasteiger partial charge in [-0.05, 0) is 66.3 Å². The van der Waals surface area contributed by atoms with Gasteiger partial charge in [0.15, 0.2) is 0 Å². The Kier molecular flexibility index (Phi) is 8.13. The Bertz CT molecular complexity index is 1000. The second-order valence-electron chi connectivity index (χ2n) is 10.5. The Labute approximate surface area is 205 Å². The standard InChI is InChI=1S/C27H34F3N3O2/c1-19(18-26(2,3)4)17-24(34)33-15-13-32(14-16-33)23-11-9-22(10-12-23)31-25(35)20-5-7-21(8-6-20)27(28,29)30/h5-12,19H,13-18H2,1-4H3,(H,31,35)/t19-/m1/s1. The third kappa shape index (κ3) is 7.73. The molecule has 1 N–H and O–H groups in total. The third-order valence-electron chi connectivity index (χ3n) is 6.08. The number of benzene rings is 2. The van der Waals surface area contributed by atoms with Crippen LogP contribution in [0.5, 0.6) is 0 Å². The lowest BCUT2D eigenvalue weighted by atomic mass is 9.84. The molecule has 1 atom stereocenters. The summed E-state index contributed by atoms with van der Waals surface area (Å²) in [7, 11) is 0. The molecule has 1 aliphatic rings. The van der Waals surface area contributed by atoms with Gasteiger partial charge >= 0.3 is 6.18 Å². The van der Waals surface area contributed by atoms with Gasteiger partial charge in [0.2, 0.25) is 5.91 Å². The Morgan fingerprint density at radius 2 is 1.49 bits per heavy atom. The summed E-state index contributed by atoms with van der Waals surface area (Å²) in [4.78, 5) is 29.2. The number of alkyl halides is 3. The minimum atomic E-state index is -4.44. The summed E-state index contributed by atoms with van der Waals surface area (Å²) in [6.45, 7) is 11.5. The lowest BCUT2D eigenvalue weighted by Crippen LogP contribution is -2.49. The number of nitrogens with zero attached hydrogens (tertiary/aromatic N) is 2. The number of piperazine rings is 1. The van der Waals surface area contributed by atoms with E-state index in [9.17, 15) is 22.8 Å². The molecule has 1 heterocycles. The van der Waals surface area contributed by atoms with Gasteiger partial charge in [-0.2, -0.15) is 13.2 Å². The SMILES string of the molecule is C[C@H](CC(=O)N1CCN(c2ccc(NC(=O)c3ccc(C(F)(F)F)cc3)cc2)CC1)CC(C)(C)C. The van der Waals surface area contributed by atoms with E-state index in [4.69, 9.17) is 0 Å². The second kappa shape index (κ2) is 10.7. The minimum Gasteiger partial charge on any atom is -0.368 e. The van der Waals surface area contributed by atoms with Gasteiger partial charge in [-0.15, -0.1) is 0 Å². The van der Waals surface area contributed by atoms with Crippen molar-refractivity contribution < 1.29 is 22.8 Å². The van der Waals surface area contributed by atoms with Crippen LogP contribution in [0.4, 0.5) is 24.5 Å². The lowest BCUT2D eigenvalue weighted by molar-refractivity contribution is -0.137. The molecule has 2 aromatic carbocycles. The maximum Gasteiger partial charge on any atom is 0.416 e. The highest BCUT2D eigenvalue weighted by atomic mass is 19.4. The quantitative estimate of drug-likeness (QED) is 0.536. The number of hydrogen-bond acceptors (Lipinski definition) is 3. The molecule has 3 rings (SSSR count). The molecule has 1 saturated heterocycles. The number of hydrogen-bond donors (Lipinski definition) is 1. The van der Waals surface area contributed by atoms with Gasteiger partial charge in [0.05, 0.1) is 5.56 Å². The van der Waals surface area contributed by atoms with Crippen molar-refractivity contribution in [3.63, 3.8) is 0 Å². The van der Waals surface area contributed by atoms with Gasteiger partial charge in [0.25, 0.3) is 5.91 Å². The third-order valence-corrected chi connectivity index (χ3v) is 6.08. The monoisotopic (exact) mass is 489 g/mol. The van der Waals surface area contributed by atoms with E-state index in [1.807, 2.05) is 17.0 Å². The Morgan fingerprint density at radius 3 is 2.00 bits per heavy atom. The highest BCUT2D eigenvalue weighted by Gasteiger charge is 2.30. The molecular weight excluding hydrogens is 455 g/mol. The van der Waals surface area contributed by atoms with Crippen LogP contribution >= 0.6 is 0 Å². The normalized spacial score (nSPS) is 15.6. The summed E-state index contributed by atoms with van der Waals surface area (Å²) in [5, 5.41) is 2.71. The molecule has 0 aromatic heterocycles. The number of rotatable bonds is 6. The van der Waals surface area contributed by atoms with Crippen LogP contribution in [-0.2, 0) is 11.0 Å². The van der Waals surface area contributed by atoms with E-state index in [0.29, 0.717) is 31.1 Å². The van der Waals surface area contributed by atoms with Gasteiger partial charge in [-0.25, -0.2) is 0 Å². The van der Waals surface area contributed by atoms with Crippen LogP contribution in [0.25, 0.3) is 0 Å². The smallest absolute Gasteiger partial charge is 0.368 e. The van der Waals surface area contributed by atoms with Crippen LogP contribution < -0.4 is 10.2 Å². The first-order valence-corrected chi connectivity index (χ1v) is 11.9. The van der Waals surface area contributed by atoms with E-state index in [-0.39, 0.29) is 16.9 Å². The van der Waals surface area contributed by atoms with Gasteiger partial charge in [0, 0.05) is 49.5 Å². The summed E-state index contributed by atoms with van der Waals surface area (Å²) in [6, 6.07) is 11.4. The number of halogens is 3. The fourth-order valence-corrected chi connectivity index (χ4v) is 4.53. The molecule has 1 fully saturated rings. The molecule has 190 valence electrons. The number of nitrogens with one attached hydrogen (secondary N) is 1. The van der Waals surface area contributed by atoms with Crippen molar-refractivity contribution in [1.29, 1.82) is 0 Å². The largest absolute Gasteiger partial charge is 0.416 e. The van der Waals surface area contributed by atoms with Crippen LogP contribution in [0, 0.1) is 11.3 Å². The number of amides is 2. The average Bonchev–Trinajstić information content (AvgIpc) is 2.78. The van der Waals surface area contributed by atoms with Gasteiger partial charge in [0.1, 0.15) is 0 Å². The van der Waals surface area contributed by atoms with E-state index >= 15 is 0 Å². The molecule has 0 bridgehead atoms. The molecular formula is C27H34F3N3O2. The molecule has 0 unspecified atom stereocenters. The van der Waals surface area contributed by atoms with Crippen molar-refractivity contribution in [3.8, 4) is 0 Å². The summed E-state index contributed by atoms with van der Waals surface area (Å²) in [5.41, 5.74) is 1.12. The van der Waals surface area contributed by atoms with Crippen molar-refractivity contribution in [2.45, 2.75) is 46.7 Å². The summed E-state index contributed by atoms with van der Waals surface area (Å²) >= 11 is 0. The van der Waals surface area contributed by atoms with Crippen molar-refractivity contribution >= 4 is 23.2 Å². The van der Waals surface area contributed by atoms with Crippen LogP contribution in [0.15, 0.2) is 48.5 Å². The Morgan fingerprint density at radius 1 is 0.914 bits per heavy atom. The molecule has 2 amide bonds. The van der Waals surface area contributed by atoms with E-state index in [1.165, 1.54) is 0 Å². The zero-order valence-corrected chi connectivity index (χ0v) is 20.8. The van der Waals surface area contributed by atoms with E-state index in [1.54, 1.807) is 12.1 Å². The van der Waals surface area contributed by atoms with Crippen LogP contribution in [0.1, 0.15) is 56.5 Å². The molecule has 8 heteroatoms. The Balaban J connectivity index is 1.50. The van der Waals surface area contributed by atoms with E-state index in [2.05, 4.69) is 37.9 Å². The molecule has 5 nitrogen and oxygen atoms in total. The second-order valence-corrected chi connectivity index (χ2v) is 10.5. The van der Waals surface area contributed by atoms with Crippen molar-refractivity contribution in [2.75, 3.05) is 36.4 Å². The maximum absolute atomic E-state index is 12.7. The highest BCUT2D eigenvalue weighted by molar-refractivity contribution is 6.04. The zero-order valence-electron chi connectivity index (χ0n) is 20.8. The lowest BCUT2D eigenvalue weighted by Gasteiger charge is -2.37. The number of carbonyl (C=O) groups is 2. The summed E-state index contributed by atoms with van der Waals surface area (Å²) in [6.07, 6.45) is -2.85. The van der Waals surface area contributed by atoms with Crippen LogP contribution in [0.2, 0.25) is 0 Å². The Hall–Kier alpha value is -3.03. The molecule has 2 aromatic rings. The highest BCUT2D eigenvalue weighted by Crippen LogP contribution is 2.29.